The van der Waals surface area contributed by atoms with E-state index in [1.54, 1.807) is 32.2 Å². The molecule has 140 valence electrons. The number of rotatable bonds is 6. The Hall–Kier alpha value is -3.96. The molecule has 0 spiro atoms. The summed E-state index contributed by atoms with van der Waals surface area (Å²) in [5.41, 5.74) is 9.10. The summed E-state index contributed by atoms with van der Waals surface area (Å²) >= 11 is 0. The van der Waals surface area contributed by atoms with Crippen LogP contribution >= 0.6 is 0 Å². The summed E-state index contributed by atoms with van der Waals surface area (Å²) in [6, 6.07) is 5.19. The number of benzene rings is 1. The monoisotopic (exact) mass is 372 g/mol. The van der Waals surface area contributed by atoms with E-state index in [0.717, 1.165) is 4.68 Å². The lowest BCUT2D eigenvalue weighted by atomic mass is 10.2. The highest BCUT2D eigenvalue weighted by Gasteiger charge is 2.22. The number of methoxy groups -OCH3 is 2. The number of nitrogens with zero attached hydrogens (tertiary/aromatic N) is 6. The Morgan fingerprint density at radius 2 is 2.15 bits per heavy atom. The van der Waals surface area contributed by atoms with Gasteiger partial charge in [0.2, 0.25) is 11.6 Å². The fourth-order valence-corrected chi connectivity index (χ4v) is 2.26. The third kappa shape index (κ3) is 3.53. The summed E-state index contributed by atoms with van der Waals surface area (Å²) in [5, 5.41) is 18.7. The minimum absolute atomic E-state index is 0.0291. The minimum atomic E-state index is -0.571. The second-order valence-electron chi connectivity index (χ2n) is 5.22. The maximum absolute atomic E-state index is 12.5. The topological polar surface area (TPSA) is 156 Å². The van der Waals surface area contributed by atoms with E-state index in [1.807, 2.05) is 0 Å². The number of aromatic nitrogens is 5. The van der Waals surface area contributed by atoms with Gasteiger partial charge in [0.15, 0.2) is 5.69 Å². The van der Waals surface area contributed by atoms with Crippen LogP contribution in [-0.4, -0.2) is 51.6 Å². The van der Waals surface area contributed by atoms with E-state index in [0.29, 0.717) is 22.8 Å². The van der Waals surface area contributed by atoms with Gasteiger partial charge in [-0.15, -0.1) is 5.10 Å². The number of nitrogens with one attached hydrogen (secondary N) is 1. The quantitative estimate of drug-likeness (QED) is 0.459. The number of anilines is 1. The maximum atomic E-state index is 12.5. The molecule has 0 unspecified atom stereocenters. The zero-order chi connectivity index (χ0) is 19.4. The first-order valence-corrected chi connectivity index (χ1v) is 7.61. The van der Waals surface area contributed by atoms with Crippen LogP contribution in [0.3, 0.4) is 0 Å². The molecule has 0 saturated heterocycles. The molecule has 0 saturated carbocycles. The Morgan fingerprint density at radius 3 is 2.81 bits per heavy atom. The Labute approximate surface area is 152 Å². The van der Waals surface area contributed by atoms with Crippen LogP contribution in [0.15, 0.2) is 27.9 Å². The van der Waals surface area contributed by atoms with E-state index >= 15 is 0 Å². The third-order valence-corrected chi connectivity index (χ3v) is 3.56. The number of aryl methyl sites for hydroxylation is 1. The van der Waals surface area contributed by atoms with Crippen LogP contribution in [0.1, 0.15) is 21.7 Å². The second kappa shape index (κ2) is 7.51. The predicted octanol–water partition coefficient (Wildman–Crippen LogP) is 0.322. The molecule has 0 radical (unpaired) electrons. The van der Waals surface area contributed by atoms with E-state index < -0.39 is 5.91 Å². The van der Waals surface area contributed by atoms with Crippen LogP contribution in [-0.2, 0) is 0 Å². The highest BCUT2D eigenvalue weighted by Crippen LogP contribution is 2.22. The smallest absolute Gasteiger partial charge is 0.292 e. The summed E-state index contributed by atoms with van der Waals surface area (Å²) in [4.78, 5) is 12.5. The van der Waals surface area contributed by atoms with Gasteiger partial charge in [-0.25, -0.2) is 10.1 Å². The molecule has 1 aromatic carbocycles. The van der Waals surface area contributed by atoms with Crippen LogP contribution in [0.25, 0.3) is 5.82 Å². The number of hydrogen-bond acceptors (Lipinski definition) is 10. The van der Waals surface area contributed by atoms with Gasteiger partial charge in [-0.05, 0) is 35.4 Å². The molecule has 27 heavy (non-hydrogen) atoms. The lowest BCUT2D eigenvalue weighted by Crippen LogP contribution is -2.22. The van der Waals surface area contributed by atoms with E-state index in [9.17, 15) is 4.79 Å². The average molecular weight is 372 g/mol. The number of hydrogen-bond donors (Lipinski definition) is 2. The molecule has 3 aromatic rings. The zero-order valence-electron chi connectivity index (χ0n) is 14.7. The van der Waals surface area contributed by atoms with Gasteiger partial charge in [0.25, 0.3) is 5.91 Å². The number of nitrogen functional groups attached to an aromatic ring is 1. The molecule has 2 aromatic heterocycles. The largest absolute Gasteiger partial charge is 0.497 e. The number of nitrogens with two attached hydrogens (primary N) is 1. The van der Waals surface area contributed by atoms with Crippen LogP contribution in [0.5, 0.6) is 11.5 Å². The molecule has 3 rings (SSSR count). The molecule has 0 aliphatic carbocycles. The molecule has 12 heteroatoms. The zero-order valence-corrected chi connectivity index (χ0v) is 14.7. The lowest BCUT2D eigenvalue weighted by molar-refractivity contribution is 0.0946. The van der Waals surface area contributed by atoms with Gasteiger partial charge in [0.05, 0.1) is 26.1 Å². The van der Waals surface area contributed by atoms with Crippen LogP contribution < -0.4 is 20.6 Å². The van der Waals surface area contributed by atoms with Crippen molar-refractivity contribution in [2.45, 2.75) is 6.92 Å². The molecule has 0 bridgehead atoms. The third-order valence-electron chi connectivity index (χ3n) is 3.56. The van der Waals surface area contributed by atoms with Gasteiger partial charge < -0.3 is 15.2 Å². The molecule has 1 amide bonds. The van der Waals surface area contributed by atoms with E-state index in [1.165, 1.54) is 13.3 Å². The molecule has 12 nitrogen and oxygen atoms in total. The molecule has 3 N–H and O–H groups in total. The predicted molar refractivity (Wildman–Crippen MR) is 93.0 cm³/mol. The standard InChI is InChI=1S/C15H16N8O4/c1-8-12(23(22-18-8)14-13(16)20-27-21-14)15(24)19-17-7-9-6-10(25-2)4-5-11(9)26-3/h4-7H,1-3H3,(H2,16,20)(H,19,24). The van der Waals surface area contributed by atoms with Crippen LogP contribution in [0.2, 0.25) is 0 Å². The lowest BCUT2D eigenvalue weighted by Gasteiger charge is -2.07. The molecule has 0 aliphatic rings. The van der Waals surface area contributed by atoms with Gasteiger partial charge in [-0.3, -0.25) is 4.79 Å². The highest BCUT2D eigenvalue weighted by molar-refractivity contribution is 5.95. The number of amides is 1. The van der Waals surface area contributed by atoms with Crippen molar-refractivity contribution in [1.82, 2.24) is 30.7 Å². The number of ether oxygens (including phenoxy) is 2. The summed E-state index contributed by atoms with van der Waals surface area (Å²) in [6.07, 6.45) is 1.43. The van der Waals surface area contributed by atoms with Crippen molar-refractivity contribution in [2.75, 3.05) is 20.0 Å². The molecular formula is C15H16N8O4. The Bertz CT molecular complexity index is 994. The van der Waals surface area contributed by atoms with Crippen molar-refractivity contribution in [3.8, 4) is 17.3 Å². The molecule has 0 aliphatic heterocycles. The van der Waals surface area contributed by atoms with Gasteiger partial charge in [0.1, 0.15) is 11.5 Å². The van der Waals surface area contributed by atoms with Crippen molar-refractivity contribution < 1.29 is 18.9 Å². The second-order valence-corrected chi connectivity index (χ2v) is 5.22. The van der Waals surface area contributed by atoms with Gasteiger partial charge in [0, 0.05) is 5.56 Å². The summed E-state index contributed by atoms with van der Waals surface area (Å²) in [7, 11) is 3.08. The Kier molecular flexibility index (Phi) is 4.97. The van der Waals surface area contributed by atoms with Crippen molar-refractivity contribution in [1.29, 1.82) is 0 Å². The number of carbonyl (C=O) groups is 1. The summed E-state index contributed by atoms with van der Waals surface area (Å²) in [6.45, 7) is 1.61. The first-order chi connectivity index (χ1) is 13.0. The molecule has 2 heterocycles. The van der Waals surface area contributed by atoms with Crippen molar-refractivity contribution in [3.05, 3.63) is 35.2 Å². The van der Waals surface area contributed by atoms with Crippen molar-refractivity contribution in [2.24, 2.45) is 5.10 Å². The number of hydrazone groups is 1. The molecule has 0 atom stereocenters. The van der Waals surface area contributed by atoms with E-state index in [2.05, 4.69) is 35.8 Å². The van der Waals surface area contributed by atoms with Gasteiger partial charge >= 0.3 is 0 Å². The Morgan fingerprint density at radius 1 is 1.33 bits per heavy atom. The van der Waals surface area contributed by atoms with Gasteiger partial charge in [-0.1, -0.05) is 5.21 Å². The molecular weight excluding hydrogens is 356 g/mol. The van der Waals surface area contributed by atoms with Crippen LogP contribution in [0.4, 0.5) is 5.82 Å². The average Bonchev–Trinajstić information content (AvgIpc) is 3.26. The highest BCUT2D eigenvalue weighted by atomic mass is 16.6. The fraction of sp³-hybridized carbons (Fsp3) is 0.200. The molecule has 0 fully saturated rings. The van der Waals surface area contributed by atoms with Gasteiger partial charge in [-0.2, -0.15) is 9.78 Å². The SMILES string of the molecule is COc1ccc(OC)c(C=NNC(=O)c2c(C)nnn2-c2nonc2N)c1. The first-order valence-electron chi connectivity index (χ1n) is 7.61. The Balaban J connectivity index is 1.83. The summed E-state index contributed by atoms with van der Waals surface area (Å²) in [5.74, 6) is 0.643. The number of carbonyl (C=O) groups excluding carboxylic acids is 1. The van der Waals surface area contributed by atoms with Crippen molar-refractivity contribution in [3.63, 3.8) is 0 Å². The summed E-state index contributed by atoms with van der Waals surface area (Å²) < 4.78 is 16.1. The minimum Gasteiger partial charge on any atom is -0.497 e. The van der Waals surface area contributed by atoms with E-state index in [-0.39, 0.29) is 17.3 Å². The van der Waals surface area contributed by atoms with Crippen LogP contribution in [0, 0.1) is 6.92 Å². The first kappa shape index (κ1) is 17.8. The van der Waals surface area contributed by atoms with E-state index in [4.69, 9.17) is 15.2 Å². The normalized spacial score (nSPS) is 10.9. The van der Waals surface area contributed by atoms with Crippen molar-refractivity contribution >= 4 is 17.9 Å². The maximum Gasteiger partial charge on any atom is 0.292 e. The fourth-order valence-electron chi connectivity index (χ4n) is 2.26.